The SMILES string of the molecule is C[C@H](CNCC(F)(F)CO)c1ccccc1. The van der Waals surface area contributed by atoms with E-state index < -0.39 is 19.1 Å². The highest BCUT2D eigenvalue weighted by Crippen LogP contribution is 2.14. The molecule has 1 aromatic rings. The van der Waals surface area contributed by atoms with Crippen LogP contribution in [0.3, 0.4) is 0 Å². The Morgan fingerprint density at radius 1 is 1.31 bits per heavy atom. The fraction of sp³-hybridized carbons (Fsp3) is 0.500. The summed E-state index contributed by atoms with van der Waals surface area (Å²) in [6.45, 7) is 0.847. The molecule has 90 valence electrons. The largest absolute Gasteiger partial charge is 0.390 e. The van der Waals surface area contributed by atoms with Gasteiger partial charge in [0.25, 0.3) is 5.92 Å². The topological polar surface area (TPSA) is 32.3 Å². The van der Waals surface area contributed by atoms with Crippen molar-refractivity contribution in [2.24, 2.45) is 0 Å². The first-order valence-electron chi connectivity index (χ1n) is 5.29. The van der Waals surface area contributed by atoms with Gasteiger partial charge in [0, 0.05) is 6.54 Å². The summed E-state index contributed by atoms with van der Waals surface area (Å²) in [4.78, 5) is 0. The van der Waals surface area contributed by atoms with Crippen LogP contribution in [0.15, 0.2) is 30.3 Å². The van der Waals surface area contributed by atoms with Gasteiger partial charge in [0.05, 0.1) is 6.54 Å². The lowest BCUT2D eigenvalue weighted by molar-refractivity contribution is -0.0475. The van der Waals surface area contributed by atoms with Gasteiger partial charge < -0.3 is 10.4 Å². The Morgan fingerprint density at radius 2 is 1.94 bits per heavy atom. The standard InChI is InChI=1S/C12H17F2NO/c1-10(11-5-3-2-4-6-11)7-15-8-12(13,14)9-16/h2-6,10,15-16H,7-9H2,1H3/t10-/m1/s1. The van der Waals surface area contributed by atoms with Crippen LogP contribution in [-0.2, 0) is 0 Å². The molecule has 0 amide bonds. The van der Waals surface area contributed by atoms with Crippen LogP contribution in [-0.4, -0.2) is 30.7 Å². The van der Waals surface area contributed by atoms with Gasteiger partial charge in [-0.25, -0.2) is 8.78 Å². The summed E-state index contributed by atoms with van der Waals surface area (Å²) in [5.41, 5.74) is 1.11. The summed E-state index contributed by atoms with van der Waals surface area (Å²) in [7, 11) is 0. The van der Waals surface area contributed by atoms with Crippen molar-refractivity contribution in [3.05, 3.63) is 35.9 Å². The van der Waals surface area contributed by atoms with Gasteiger partial charge in [0.15, 0.2) is 0 Å². The minimum Gasteiger partial charge on any atom is -0.390 e. The zero-order valence-corrected chi connectivity index (χ0v) is 9.29. The molecular formula is C12H17F2NO. The third kappa shape index (κ3) is 4.24. The van der Waals surface area contributed by atoms with Crippen LogP contribution in [0.4, 0.5) is 8.78 Å². The van der Waals surface area contributed by atoms with Gasteiger partial charge in [-0.3, -0.25) is 0 Å². The molecule has 0 fully saturated rings. The highest BCUT2D eigenvalue weighted by Gasteiger charge is 2.26. The van der Waals surface area contributed by atoms with Crippen molar-refractivity contribution in [2.75, 3.05) is 19.7 Å². The van der Waals surface area contributed by atoms with E-state index in [0.717, 1.165) is 5.56 Å². The predicted molar refractivity (Wildman–Crippen MR) is 59.8 cm³/mol. The maximum atomic E-state index is 12.7. The van der Waals surface area contributed by atoms with Crippen LogP contribution in [0.25, 0.3) is 0 Å². The molecule has 2 nitrogen and oxygen atoms in total. The van der Waals surface area contributed by atoms with E-state index in [1.165, 1.54) is 0 Å². The number of hydrogen-bond acceptors (Lipinski definition) is 2. The Kier molecular flexibility index (Phi) is 4.83. The molecule has 1 aromatic carbocycles. The van der Waals surface area contributed by atoms with E-state index in [2.05, 4.69) is 5.32 Å². The van der Waals surface area contributed by atoms with Crippen LogP contribution in [0, 0.1) is 0 Å². The quantitative estimate of drug-likeness (QED) is 0.782. The highest BCUT2D eigenvalue weighted by molar-refractivity contribution is 5.18. The van der Waals surface area contributed by atoms with Gasteiger partial charge in [-0.2, -0.15) is 0 Å². The van der Waals surface area contributed by atoms with Crippen LogP contribution < -0.4 is 5.32 Å². The van der Waals surface area contributed by atoms with Crippen molar-refractivity contribution in [3.8, 4) is 0 Å². The Labute approximate surface area is 94.3 Å². The summed E-state index contributed by atoms with van der Waals surface area (Å²) in [5, 5.41) is 11.1. The number of rotatable bonds is 6. The van der Waals surface area contributed by atoms with Gasteiger partial charge in [-0.1, -0.05) is 37.3 Å². The molecule has 0 heterocycles. The highest BCUT2D eigenvalue weighted by atomic mass is 19.3. The Hall–Kier alpha value is -1.00. The smallest absolute Gasteiger partial charge is 0.282 e. The van der Waals surface area contributed by atoms with Crippen molar-refractivity contribution in [1.29, 1.82) is 0 Å². The number of nitrogens with one attached hydrogen (secondary N) is 1. The summed E-state index contributed by atoms with van der Waals surface area (Å²) < 4.78 is 25.4. The first-order valence-corrected chi connectivity index (χ1v) is 5.29. The predicted octanol–water partition coefficient (Wildman–Crippen LogP) is 2.01. The van der Waals surface area contributed by atoms with E-state index in [4.69, 9.17) is 5.11 Å². The Balaban J connectivity index is 2.34. The zero-order valence-electron chi connectivity index (χ0n) is 9.29. The fourth-order valence-electron chi connectivity index (χ4n) is 1.43. The van der Waals surface area contributed by atoms with Gasteiger partial charge in [-0.15, -0.1) is 0 Å². The second-order valence-corrected chi connectivity index (χ2v) is 3.96. The van der Waals surface area contributed by atoms with Crippen molar-refractivity contribution in [2.45, 2.75) is 18.8 Å². The molecule has 0 unspecified atom stereocenters. The van der Waals surface area contributed by atoms with Crippen LogP contribution >= 0.6 is 0 Å². The zero-order chi connectivity index (χ0) is 12.0. The molecule has 2 N–H and O–H groups in total. The molecule has 0 saturated carbocycles. The second-order valence-electron chi connectivity index (χ2n) is 3.96. The number of aliphatic hydroxyl groups is 1. The maximum Gasteiger partial charge on any atom is 0.282 e. The number of aliphatic hydroxyl groups excluding tert-OH is 1. The lowest BCUT2D eigenvalue weighted by Gasteiger charge is -2.17. The molecule has 0 bridgehead atoms. The van der Waals surface area contributed by atoms with Crippen molar-refractivity contribution >= 4 is 0 Å². The molecule has 0 aliphatic carbocycles. The molecule has 0 saturated heterocycles. The molecule has 0 aliphatic rings. The van der Waals surface area contributed by atoms with E-state index in [1.54, 1.807) is 0 Å². The van der Waals surface area contributed by atoms with Crippen LogP contribution in [0.1, 0.15) is 18.4 Å². The molecule has 1 rings (SSSR count). The number of benzene rings is 1. The van der Waals surface area contributed by atoms with Gasteiger partial charge in [-0.05, 0) is 11.5 Å². The third-order valence-corrected chi connectivity index (χ3v) is 2.43. The van der Waals surface area contributed by atoms with Crippen molar-refractivity contribution in [3.63, 3.8) is 0 Å². The Morgan fingerprint density at radius 3 is 2.50 bits per heavy atom. The lowest BCUT2D eigenvalue weighted by atomic mass is 10.0. The van der Waals surface area contributed by atoms with Crippen LogP contribution in [0.5, 0.6) is 0 Å². The monoisotopic (exact) mass is 229 g/mol. The maximum absolute atomic E-state index is 12.7. The van der Waals surface area contributed by atoms with Gasteiger partial charge >= 0.3 is 0 Å². The minimum absolute atomic E-state index is 0.177. The molecule has 0 spiro atoms. The van der Waals surface area contributed by atoms with Crippen molar-refractivity contribution in [1.82, 2.24) is 5.32 Å². The summed E-state index contributed by atoms with van der Waals surface area (Å²) >= 11 is 0. The first-order chi connectivity index (χ1) is 7.55. The Bertz CT molecular complexity index is 303. The van der Waals surface area contributed by atoms with Gasteiger partial charge in [0.2, 0.25) is 0 Å². The molecule has 0 aliphatic heterocycles. The van der Waals surface area contributed by atoms with E-state index in [-0.39, 0.29) is 5.92 Å². The second kappa shape index (κ2) is 5.92. The molecule has 1 atom stereocenters. The summed E-state index contributed by atoms with van der Waals surface area (Å²) in [6, 6.07) is 9.71. The molecule has 0 aromatic heterocycles. The minimum atomic E-state index is -3.03. The number of alkyl halides is 2. The van der Waals surface area contributed by atoms with Gasteiger partial charge in [0.1, 0.15) is 6.61 Å². The van der Waals surface area contributed by atoms with E-state index in [1.807, 2.05) is 37.3 Å². The van der Waals surface area contributed by atoms with E-state index in [9.17, 15) is 8.78 Å². The number of hydrogen-bond donors (Lipinski definition) is 2. The number of halogens is 2. The molecular weight excluding hydrogens is 212 g/mol. The van der Waals surface area contributed by atoms with E-state index >= 15 is 0 Å². The average molecular weight is 229 g/mol. The third-order valence-electron chi connectivity index (χ3n) is 2.43. The summed E-state index contributed by atoms with van der Waals surface area (Å²) in [6.07, 6.45) is 0. The van der Waals surface area contributed by atoms with E-state index in [0.29, 0.717) is 6.54 Å². The van der Waals surface area contributed by atoms with Crippen LogP contribution in [0.2, 0.25) is 0 Å². The molecule has 0 radical (unpaired) electrons. The summed E-state index contributed by atoms with van der Waals surface area (Å²) in [5.74, 6) is -2.85. The average Bonchev–Trinajstić information content (AvgIpc) is 2.30. The molecule has 16 heavy (non-hydrogen) atoms. The normalized spacial score (nSPS) is 13.8. The van der Waals surface area contributed by atoms with Crippen molar-refractivity contribution < 1.29 is 13.9 Å². The molecule has 4 heteroatoms. The fourth-order valence-corrected chi connectivity index (χ4v) is 1.43. The first kappa shape index (κ1) is 13.1. The lowest BCUT2D eigenvalue weighted by Crippen LogP contribution is -2.37.